The number of aliphatic hydroxyl groups is 1. The molecule has 1 aromatic heterocycles. The Bertz CT molecular complexity index is 255. The molecule has 0 aromatic carbocycles. The molecule has 1 atom stereocenters. The van der Waals surface area contributed by atoms with Crippen LogP contribution in [-0.2, 0) is 6.42 Å². The minimum absolute atomic E-state index is 0.0588. The normalized spacial score (nSPS) is 15.1. The largest absolute Gasteiger partial charge is 0.396 e. The lowest BCUT2D eigenvalue weighted by Crippen LogP contribution is -2.34. The van der Waals surface area contributed by atoms with Crippen LogP contribution in [0.3, 0.4) is 0 Å². The van der Waals surface area contributed by atoms with Crippen LogP contribution in [0, 0.1) is 5.41 Å². The van der Waals surface area contributed by atoms with Crippen molar-refractivity contribution in [1.82, 2.24) is 0 Å². The smallest absolute Gasteiger partial charge is 0.0499 e. The van der Waals surface area contributed by atoms with Crippen LogP contribution >= 0.6 is 11.3 Å². The molecule has 0 aliphatic rings. The van der Waals surface area contributed by atoms with Gasteiger partial charge in [0.15, 0.2) is 0 Å². The van der Waals surface area contributed by atoms with E-state index >= 15 is 0 Å². The lowest BCUT2D eigenvalue weighted by Gasteiger charge is -2.30. The summed E-state index contributed by atoms with van der Waals surface area (Å²) in [5.74, 6) is 0. The molecule has 0 saturated carbocycles. The van der Waals surface area contributed by atoms with Crippen molar-refractivity contribution < 1.29 is 5.11 Å². The molecule has 0 bridgehead atoms. The maximum Gasteiger partial charge on any atom is 0.0499 e. The third-order valence-electron chi connectivity index (χ3n) is 3.07. The van der Waals surface area contributed by atoms with Gasteiger partial charge in [-0.25, -0.2) is 0 Å². The van der Waals surface area contributed by atoms with Gasteiger partial charge in [0.25, 0.3) is 0 Å². The monoisotopic (exact) mass is 227 g/mol. The van der Waals surface area contributed by atoms with Gasteiger partial charge in [-0.15, -0.1) is 0 Å². The van der Waals surface area contributed by atoms with Gasteiger partial charge in [0.2, 0.25) is 0 Å². The zero-order chi connectivity index (χ0) is 11.1. The first kappa shape index (κ1) is 12.7. The number of thiophene rings is 1. The summed E-state index contributed by atoms with van der Waals surface area (Å²) in [5, 5.41) is 13.7. The van der Waals surface area contributed by atoms with Crippen LogP contribution in [0.15, 0.2) is 16.8 Å². The van der Waals surface area contributed by atoms with Gasteiger partial charge in [-0.3, -0.25) is 0 Å². The van der Waals surface area contributed by atoms with E-state index in [2.05, 4.69) is 23.8 Å². The predicted molar refractivity (Wildman–Crippen MR) is 66.1 cm³/mol. The minimum Gasteiger partial charge on any atom is -0.396 e. The van der Waals surface area contributed by atoms with Crippen LogP contribution in [0.25, 0.3) is 0 Å². The van der Waals surface area contributed by atoms with Gasteiger partial charge >= 0.3 is 0 Å². The van der Waals surface area contributed by atoms with Crippen molar-refractivity contribution in [3.05, 3.63) is 22.4 Å². The van der Waals surface area contributed by atoms with E-state index in [1.54, 1.807) is 11.3 Å². The van der Waals surface area contributed by atoms with Crippen molar-refractivity contribution in [2.24, 2.45) is 11.1 Å². The van der Waals surface area contributed by atoms with Crippen LogP contribution in [0.1, 0.15) is 31.7 Å². The Morgan fingerprint density at radius 2 is 2.27 bits per heavy atom. The maximum atomic E-state index is 9.46. The van der Waals surface area contributed by atoms with E-state index in [0.29, 0.717) is 6.54 Å². The van der Waals surface area contributed by atoms with Crippen LogP contribution < -0.4 is 5.73 Å². The van der Waals surface area contributed by atoms with Gasteiger partial charge in [-0.2, -0.15) is 11.3 Å². The van der Waals surface area contributed by atoms with E-state index in [-0.39, 0.29) is 12.0 Å². The molecule has 3 heteroatoms. The topological polar surface area (TPSA) is 46.2 Å². The average molecular weight is 227 g/mol. The second kappa shape index (κ2) is 6.26. The van der Waals surface area contributed by atoms with Crippen LogP contribution in [-0.4, -0.2) is 18.3 Å². The van der Waals surface area contributed by atoms with Crippen molar-refractivity contribution in [1.29, 1.82) is 0 Å². The first-order valence-electron chi connectivity index (χ1n) is 5.58. The number of hydrogen-bond acceptors (Lipinski definition) is 3. The summed E-state index contributed by atoms with van der Waals surface area (Å²) in [6.07, 6.45) is 4.12. The third-order valence-corrected chi connectivity index (χ3v) is 3.80. The molecule has 1 unspecified atom stereocenters. The lowest BCUT2D eigenvalue weighted by molar-refractivity contribution is 0.112. The Kier molecular flexibility index (Phi) is 5.29. The molecule has 0 radical (unpaired) electrons. The Hall–Kier alpha value is -0.380. The second-order valence-electron chi connectivity index (χ2n) is 4.24. The Balaban J connectivity index is 2.50. The number of rotatable bonds is 7. The maximum absolute atomic E-state index is 9.46. The second-order valence-corrected chi connectivity index (χ2v) is 5.02. The third kappa shape index (κ3) is 3.59. The molecule has 86 valence electrons. The van der Waals surface area contributed by atoms with Gasteiger partial charge in [0.05, 0.1) is 0 Å². The quantitative estimate of drug-likeness (QED) is 0.751. The summed E-state index contributed by atoms with van der Waals surface area (Å²) in [5.41, 5.74) is 7.09. The molecular weight excluding hydrogens is 206 g/mol. The van der Waals surface area contributed by atoms with Crippen molar-refractivity contribution in [2.75, 3.05) is 13.2 Å². The van der Waals surface area contributed by atoms with Gasteiger partial charge in [0.1, 0.15) is 0 Å². The molecule has 0 aliphatic carbocycles. The number of hydrogen-bond donors (Lipinski definition) is 2. The van der Waals surface area contributed by atoms with Crippen molar-refractivity contribution in [2.45, 2.75) is 32.6 Å². The van der Waals surface area contributed by atoms with E-state index in [1.807, 2.05) is 0 Å². The molecule has 15 heavy (non-hydrogen) atoms. The molecule has 0 aliphatic heterocycles. The highest BCUT2D eigenvalue weighted by Gasteiger charge is 2.26. The SMILES string of the molecule is CCCC(CN)(CO)CCc1ccsc1. The van der Waals surface area contributed by atoms with E-state index in [4.69, 9.17) is 5.73 Å². The Morgan fingerprint density at radius 3 is 2.73 bits per heavy atom. The van der Waals surface area contributed by atoms with Gasteiger partial charge in [0, 0.05) is 18.6 Å². The first-order valence-corrected chi connectivity index (χ1v) is 6.52. The molecule has 2 nitrogen and oxygen atoms in total. The zero-order valence-electron chi connectivity index (χ0n) is 9.41. The Morgan fingerprint density at radius 1 is 1.47 bits per heavy atom. The fourth-order valence-electron chi connectivity index (χ4n) is 1.93. The minimum atomic E-state index is -0.0588. The highest BCUT2D eigenvalue weighted by molar-refractivity contribution is 7.07. The van der Waals surface area contributed by atoms with Gasteiger partial charge < -0.3 is 10.8 Å². The molecule has 3 N–H and O–H groups in total. The number of nitrogens with two attached hydrogens (primary N) is 1. The van der Waals surface area contributed by atoms with Gasteiger partial charge in [-0.1, -0.05) is 13.3 Å². The summed E-state index contributed by atoms with van der Waals surface area (Å²) >= 11 is 1.72. The standard InChI is InChI=1S/C12H21NOS/c1-2-5-12(9-13,10-14)6-3-11-4-7-15-8-11/h4,7-8,14H,2-3,5-6,9-10,13H2,1H3. The van der Waals surface area contributed by atoms with Crippen LogP contribution in [0.5, 0.6) is 0 Å². The van der Waals surface area contributed by atoms with Gasteiger partial charge in [-0.05, 0) is 41.7 Å². The number of aliphatic hydroxyl groups excluding tert-OH is 1. The molecular formula is C12H21NOS. The summed E-state index contributed by atoms with van der Waals surface area (Å²) in [6.45, 7) is 2.94. The summed E-state index contributed by atoms with van der Waals surface area (Å²) in [6, 6.07) is 2.15. The van der Waals surface area contributed by atoms with E-state index in [0.717, 1.165) is 25.7 Å². The van der Waals surface area contributed by atoms with Crippen LogP contribution in [0.2, 0.25) is 0 Å². The average Bonchev–Trinajstić information content (AvgIpc) is 2.77. The fourth-order valence-corrected chi connectivity index (χ4v) is 2.63. The first-order chi connectivity index (χ1) is 7.26. The molecule has 1 heterocycles. The molecule has 0 fully saturated rings. The summed E-state index contributed by atoms with van der Waals surface area (Å²) < 4.78 is 0. The van der Waals surface area contributed by atoms with Crippen molar-refractivity contribution in [3.63, 3.8) is 0 Å². The van der Waals surface area contributed by atoms with E-state index < -0.39 is 0 Å². The highest BCUT2D eigenvalue weighted by atomic mass is 32.1. The van der Waals surface area contributed by atoms with E-state index in [9.17, 15) is 5.11 Å². The van der Waals surface area contributed by atoms with E-state index in [1.165, 1.54) is 5.56 Å². The van der Waals surface area contributed by atoms with Crippen LogP contribution in [0.4, 0.5) is 0 Å². The molecule has 1 aromatic rings. The zero-order valence-corrected chi connectivity index (χ0v) is 10.2. The molecule has 0 spiro atoms. The Labute approximate surface area is 96.1 Å². The molecule has 0 amide bonds. The van der Waals surface area contributed by atoms with Crippen molar-refractivity contribution in [3.8, 4) is 0 Å². The summed E-state index contributed by atoms with van der Waals surface area (Å²) in [4.78, 5) is 0. The molecule has 0 saturated heterocycles. The summed E-state index contributed by atoms with van der Waals surface area (Å²) in [7, 11) is 0. The fraction of sp³-hybridized carbons (Fsp3) is 0.667. The highest BCUT2D eigenvalue weighted by Crippen LogP contribution is 2.28. The van der Waals surface area contributed by atoms with Crippen molar-refractivity contribution >= 4 is 11.3 Å². The molecule has 1 rings (SSSR count). The predicted octanol–water partition coefficient (Wildman–Crippen LogP) is 2.42. The number of aryl methyl sites for hydroxylation is 1. The lowest BCUT2D eigenvalue weighted by atomic mass is 9.79.